The summed E-state index contributed by atoms with van der Waals surface area (Å²) >= 11 is 0. The Morgan fingerprint density at radius 3 is 2.52 bits per heavy atom. The molecule has 0 radical (unpaired) electrons. The third kappa shape index (κ3) is 2.49. The second kappa shape index (κ2) is 5.77. The summed E-state index contributed by atoms with van der Waals surface area (Å²) < 4.78 is 13.0. The van der Waals surface area contributed by atoms with Gasteiger partial charge in [-0.1, -0.05) is 6.92 Å². The van der Waals surface area contributed by atoms with E-state index in [1.54, 1.807) is 14.2 Å². The molecule has 0 atom stereocenters. The molecule has 0 unspecified atom stereocenters. The van der Waals surface area contributed by atoms with Gasteiger partial charge in [-0.05, 0) is 0 Å². The highest BCUT2D eigenvalue weighted by molar-refractivity contribution is 5.49. The van der Waals surface area contributed by atoms with Crippen LogP contribution in [0.3, 0.4) is 0 Å². The zero-order valence-corrected chi connectivity index (χ0v) is 12.8. The molecule has 1 N–H and O–H groups in total. The summed E-state index contributed by atoms with van der Waals surface area (Å²) in [7, 11) is 3.35. The first-order chi connectivity index (χ1) is 10.3. The van der Waals surface area contributed by atoms with Gasteiger partial charge >= 0.3 is 0 Å². The van der Waals surface area contributed by atoms with Gasteiger partial charge in [0.05, 0.1) is 25.6 Å². The van der Waals surface area contributed by atoms with E-state index in [9.17, 15) is 0 Å². The number of aryl methyl sites for hydroxylation is 1. The number of aromatic nitrogens is 2. The number of hydrogen-bond acceptors (Lipinski definition) is 4. The van der Waals surface area contributed by atoms with Gasteiger partial charge in [0, 0.05) is 49.8 Å². The molecule has 2 aromatic rings. The molecule has 5 heteroatoms. The van der Waals surface area contributed by atoms with Crippen LogP contribution in [0, 0.1) is 0 Å². The van der Waals surface area contributed by atoms with Crippen molar-refractivity contribution in [1.29, 1.82) is 0 Å². The predicted octanol–water partition coefficient (Wildman–Crippen LogP) is 2.10. The Morgan fingerprint density at radius 1 is 1.19 bits per heavy atom. The van der Waals surface area contributed by atoms with Crippen LogP contribution in [0.1, 0.15) is 24.1 Å². The van der Waals surface area contributed by atoms with E-state index < -0.39 is 0 Å². The van der Waals surface area contributed by atoms with Crippen molar-refractivity contribution >= 4 is 0 Å². The molecule has 0 fully saturated rings. The molecule has 112 valence electrons. The highest BCUT2D eigenvalue weighted by Gasteiger charge is 2.20. The molecular weight excluding hydrogens is 266 g/mol. The monoisotopic (exact) mass is 287 g/mol. The lowest BCUT2D eigenvalue weighted by Crippen LogP contribution is -2.24. The Labute approximate surface area is 124 Å². The summed E-state index contributed by atoms with van der Waals surface area (Å²) in [5, 5.41) is 3.38. The van der Waals surface area contributed by atoms with Crippen molar-refractivity contribution in [2.24, 2.45) is 0 Å². The fraction of sp³-hybridized carbons (Fsp3) is 0.438. The number of methoxy groups -OCH3 is 2. The summed E-state index contributed by atoms with van der Waals surface area (Å²) in [6.45, 7) is 3.97. The Hall–Kier alpha value is -2.01. The number of rotatable bonds is 4. The van der Waals surface area contributed by atoms with Crippen molar-refractivity contribution in [2.45, 2.75) is 26.3 Å². The minimum absolute atomic E-state index is 0.794. The van der Waals surface area contributed by atoms with E-state index >= 15 is 0 Å². The van der Waals surface area contributed by atoms with Crippen molar-refractivity contribution < 1.29 is 9.47 Å². The van der Waals surface area contributed by atoms with Crippen LogP contribution >= 0.6 is 0 Å². The third-order valence-electron chi connectivity index (χ3n) is 3.87. The number of benzene rings is 1. The zero-order chi connectivity index (χ0) is 14.8. The van der Waals surface area contributed by atoms with Gasteiger partial charge in [0.2, 0.25) is 0 Å². The van der Waals surface area contributed by atoms with Crippen LogP contribution in [-0.4, -0.2) is 30.3 Å². The van der Waals surface area contributed by atoms with Gasteiger partial charge in [-0.15, -0.1) is 0 Å². The van der Waals surface area contributed by atoms with E-state index in [0.29, 0.717) is 0 Å². The molecule has 1 aliphatic heterocycles. The summed E-state index contributed by atoms with van der Waals surface area (Å²) in [4.78, 5) is 4.78. The minimum Gasteiger partial charge on any atom is -0.497 e. The molecule has 0 saturated heterocycles. The van der Waals surface area contributed by atoms with E-state index in [1.807, 2.05) is 18.2 Å². The number of nitrogens with zero attached hydrogens (tertiary/aromatic N) is 2. The van der Waals surface area contributed by atoms with E-state index in [2.05, 4.69) is 16.8 Å². The third-order valence-corrected chi connectivity index (χ3v) is 3.87. The quantitative estimate of drug-likeness (QED) is 0.935. The maximum absolute atomic E-state index is 5.39. The molecule has 0 saturated carbocycles. The van der Waals surface area contributed by atoms with Crippen LogP contribution in [0.15, 0.2) is 18.2 Å². The molecule has 0 spiro atoms. The second-order valence-corrected chi connectivity index (χ2v) is 5.11. The maximum atomic E-state index is 5.39. The van der Waals surface area contributed by atoms with Crippen molar-refractivity contribution in [3.05, 3.63) is 35.4 Å². The fourth-order valence-electron chi connectivity index (χ4n) is 2.83. The standard InChI is InChI=1S/C16H21N3O2/c1-4-16-18-14-10-17-6-5-15(14)19(16)11-7-12(20-2)9-13(8-11)21-3/h7-9,17H,4-6,10H2,1-3H3. The van der Waals surface area contributed by atoms with Crippen molar-refractivity contribution in [1.82, 2.24) is 14.9 Å². The molecule has 0 aliphatic carbocycles. The Bertz CT molecular complexity index is 627. The Morgan fingerprint density at radius 2 is 1.90 bits per heavy atom. The molecule has 1 aromatic carbocycles. The van der Waals surface area contributed by atoms with Crippen molar-refractivity contribution in [3.8, 4) is 17.2 Å². The molecule has 2 heterocycles. The first kappa shape index (κ1) is 13.9. The van der Waals surface area contributed by atoms with E-state index in [1.165, 1.54) is 5.69 Å². The fourth-order valence-corrected chi connectivity index (χ4v) is 2.83. The number of imidazole rings is 1. The summed E-state index contributed by atoms with van der Waals surface area (Å²) in [6, 6.07) is 5.96. The topological polar surface area (TPSA) is 48.3 Å². The number of fused-ring (bicyclic) bond motifs is 1. The molecular formula is C16H21N3O2. The minimum atomic E-state index is 0.794. The lowest BCUT2D eigenvalue weighted by atomic mass is 10.1. The summed E-state index contributed by atoms with van der Waals surface area (Å²) in [5.41, 5.74) is 3.50. The Balaban J connectivity index is 2.17. The van der Waals surface area contributed by atoms with Gasteiger partial charge in [0.1, 0.15) is 17.3 Å². The molecule has 21 heavy (non-hydrogen) atoms. The zero-order valence-electron chi connectivity index (χ0n) is 12.8. The second-order valence-electron chi connectivity index (χ2n) is 5.11. The lowest BCUT2D eigenvalue weighted by Gasteiger charge is -2.17. The van der Waals surface area contributed by atoms with Gasteiger partial charge in [0.15, 0.2) is 0 Å². The Kier molecular flexibility index (Phi) is 3.84. The average Bonchev–Trinajstić information content (AvgIpc) is 2.92. The molecule has 5 nitrogen and oxygen atoms in total. The number of hydrogen-bond donors (Lipinski definition) is 1. The number of ether oxygens (including phenoxy) is 2. The summed E-state index contributed by atoms with van der Waals surface area (Å²) in [5.74, 6) is 2.67. The maximum Gasteiger partial charge on any atom is 0.124 e. The van der Waals surface area contributed by atoms with Gasteiger partial charge in [-0.25, -0.2) is 4.98 Å². The van der Waals surface area contributed by atoms with Crippen molar-refractivity contribution in [3.63, 3.8) is 0 Å². The van der Waals surface area contributed by atoms with Gasteiger partial charge in [-0.2, -0.15) is 0 Å². The average molecular weight is 287 g/mol. The smallest absolute Gasteiger partial charge is 0.124 e. The summed E-state index contributed by atoms with van der Waals surface area (Å²) in [6.07, 6.45) is 1.88. The predicted molar refractivity (Wildman–Crippen MR) is 81.5 cm³/mol. The van der Waals surface area contributed by atoms with E-state index in [-0.39, 0.29) is 0 Å². The highest BCUT2D eigenvalue weighted by Crippen LogP contribution is 2.29. The van der Waals surface area contributed by atoms with Gasteiger partial charge < -0.3 is 19.4 Å². The van der Waals surface area contributed by atoms with Crippen LogP contribution in [0.25, 0.3) is 5.69 Å². The first-order valence-corrected chi connectivity index (χ1v) is 7.30. The van der Waals surface area contributed by atoms with E-state index in [0.717, 1.165) is 54.6 Å². The van der Waals surface area contributed by atoms with Crippen LogP contribution in [-0.2, 0) is 19.4 Å². The van der Waals surface area contributed by atoms with Gasteiger partial charge in [0.25, 0.3) is 0 Å². The molecule has 3 rings (SSSR count). The molecule has 0 amide bonds. The van der Waals surface area contributed by atoms with Crippen molar-refractivity contribution in [2.75, 3.05) is 20.8 Å². The molecule has 1 aromatic heterocycles. The van der Waals surface area contributed by atoms with Crippen LogP contribution < -0.4 is 14.8 Å². The molecule has 1 aliphatic rings. The lowest BCUT2D eigenvalue weighted by molar-refractivity contribution is 0.394. The van der Waals surface area contributed by atoms with Crippen LogP contribution in [0.5, 0.6) is 11.5 Å². The normalized spacial score (nSPS) is 13.9. The largest absolute Gasteiger partial charge is 0.497 e. The van der Waals surface area contributed by atoms with E-state index in [4.69, 9.17) is 14.5 Å². The SMILES string of the molecule is CCc1nc2c(n1-c1cc(OC)cc(OC)c1)CCNC2. The molecule has 0 bridgehead atoms. The van der Waals surface area contributed by atoms with Crippen LogP contribution in [0.2, 0.25) is 0 Å². The highest BCUT2D eigenvalue weighted by atomic mass is 16.5. The van der Waals surface area contributed by atoms with Gasteiger partial charge in [-0.3, -0.25) is 0 Å². The number of nitrogens with one attached hydrogen (secondary N) is 1. The van der Waals surface area contributed by atoms with Crippen LogP contribution in [0.4, 0.5) is 0 Å². The first-order valence-electron chi connectivity index (χ1n) is 7.30.